The quantitative estimate of drug-likeness (QED) is 0.669. The molecule has 2 nitrogen and oxygen atoms in total. The van der Waals surface area contributed by atoms with Crippen LogP contribution in [-0.2, 0) is 0 Å². The van der Waals surface area contributed by atoms with Crippen LogP contribution >= 0.6 is 15.9 Å². The number of benzene rings is 2. The van der Waals surface area contributed by atoms with Gasteiger partial charge in [0.1, 0.15) is 5.75 Å². The van der Waals surface area contributed by atoms with Crippen molar-refractivity contribution in [2.24, 2.45) is 0 Å². The predicted octanol–water partition coefficient (Wildman–Crippen LogP) is 3.12. The number of carbonyl (C=O) groups excluding carboxylic acids is 1. The Morgan fingerprint density at radius 3 is 2.53 bits per heavy atom. The van der Waals surface area contributed by atoms with Crippen LogP contribution < -0.4 is 0 Å². The van der Waals surface area contributed by atoms with Gasteiger partial charge < -0.3 is 5.11 Å². The lowest BCUT2D eigenvalue weighted by Gasteiger charge is -2.01. The van der Waals surface area contributed by atoms with Gasteiger partial charge in [0.15, 0.2) is 5.78 Å². The number of hydrogen-bond acceptors (Lipinski definition) is 2. The second-order valence-electron chi connectivity index (χ2n) is 3.30. The summed E-state index contributed by atoms with van der Waals surface area (Å²) in [7, 11) is 0. The SMILES string of the molecule is O=C(CBr)c1ccc2cc(O)ccc2c1. The van der Waals surface area contributed by atoms with Crippen LogP contribution in [-0.4, -0.2) is 16.2 Å². The Bertz CT molecular complexity index is 520. The zero-order valence-electron chi connectivity index (χ0n) is 7.90. The van der Waals surface area contributed by atoms with E-state index in [4.69, 9.17) is 0 Å². The Kier molecular flexibility index (Phi) is 2.73. The van der Waals surface area contributed by atoms with Crippen LogP contribution in [0.4, 0.5) is 0 Å². The van der Waals surface area contributed by atoms with E-state index >= 15 is 0 Å². The van der Waals surface area contributed by atoms with Crippen molar-refractivity contribution in [2.45, 2.75) is 0 Å². The molecule has 2 aromatic carbocycles. The highest BCUT2D eigenvalue weighted by atomic mass is 79.9. The first-order chi connectivity index (χ1) is 7.20. The maximum absolute atomic E-state index is 11.4. The van der Waals surface area contributed by atoms with Crippen molar-refractivity contribution in [3.8, 4) is 5.75 Å². The van der Waals surface area contributed by atoms with E-state index in [9.17, 15) is 9.90 Å². The maximum Gasteiger partial charge on any atom is 0.173 e. The molecule has 0 heterocycles. The summed E-state index contributed by atoms with van der Waals surface area (Å²) in [5, 5.41) is 11.5. The highest BCUT2D eigenvalue weighted by Crippen LogP contribution is 2.21. The van der Waals surface area contributed by atoms with Gasteiger partial charge in [0.2, 0.25) is 0 Å². The van der Waals surface area contributed by atoms with Crippen molar-refractivity contribution in [2.75, 3.05) is 5.33 Å². The Labute approximate surface area is 95.7 Å². The maximum atomic E-state index is 11.4. The van der Waals surface area contributed by atoms with Crippen LogP contribution in [0.3, 0.4) is 0 Å². The molecule has 15 heavy (non-hydrogen) atoms. The highest BCUT2D eigenvalue weighted by molar-refractivity contribution is 9.09. The fraction of sp³-hybridized carbons (Fsp3) is 0.0833. The number of carbonyl (C=O) groups is 1. The van der Waals surface area contributed by atoms with Crippen LogP contribution in [0, 0.1) is 0 Å². The lowest BCUT2D eigenvalue weighted by Crippen LogP contribution is -1.98. The lowest BCUT2D eigenvalue weighted by atomic mass is 10.0. The normalized spacial score (nSPS) is 10.5. The number of Topliss-reactive ketones (excluding diaryl/α,β-unsaturated/α-hetero) is 1. The molecular formula is C12H9BrO2. The molecule has 2 aromatic rings. The average molecular weight is 265 g/mol. The molecule has 0 saturated heterocycles. The molecule has 0 aliphatic heterocycles. The molecular weight excluding hydrogens is 256 g/mol. The molecule has 2 rings (SSSR count). The average Bonchev–Trinajstić information content (AvgIpc) is 2.27. The van der Waals surface area contributed by atoms with E-state index in [1.165, 1.54) is 0 Å². The van der Waals surface area contributed by atoms with Crippen molar-refractivity contribution in [3.63, 3.8) is 0 Å². The van der Waals surface area contributed by atoms with E-state index in [1.54, 1.807) is 24.3 Å². The summed E-state index contributed by atoms with van der Waals surface area (Å²) in [5.41, 5.74) is 0.685. The van der Waals surface area contributed by atoms with Crippen LogP contribution in [0.5, 0.6) is 5.75 Å². The van der Waals surface area contributed by atoms with Gasteiger partial charge >= 0.3 is 0 Å². The topological polar surface area (TPSA) is 37.3 Å². The number of phenols is 1. The minimum absolute atomic E-state index is 0.0602. The van der Waals surface area contributed by atoms with Gasteiger partial charge in [-0.1, -0.05) is 34.1 Å². The third kappa shape index (κ3) is 2.02. The summed E-state index contributed by atoms with van der Waals surface area (Å²) in [6.45, 7) is 0. The number of ketones is 1. The fourth-order valence-electron chi connectivity index (χ4n) is 1.48. The Hall–Kier alpha value is -1.35. The van der Waals surface area contributed by atoms with Gasteiger partial charge in [-0.2, -0.15) is 0 Å². The van der Waals surface area contributed by atoms with Gasteiger partial charge in [-0.25, -0.2) is 0 Å². The van der Waals surface area contributed by atoms with Crippen molar-refractivity contribution in [1.29, 1.82) is 0 Å². The molecule has 0 bridgehead atoms. The van der Waals surface area contributed by atoms with Crippen LogP contribution in [0.25, 0.3) is 10.8 Å². The summed E-state index contributed by atoms with van der Waals surface area (Å²) >= 11 is 3.14. The molecule has 0 unspecified atom stereocenters. The Morgan fingerprint density at radius 2 is 1.80 bits per heavy atom. The smallest absolute Gasteiger partial charge is 0.173 e. The van der Waals surface area contributed by atoms with Crippen LogP contribution in [0.2, 0.25) is 0 Å². The third-order valence-electron chi connectivity index (χ3n) is 2.27. The molecule has 0 amide bonds. The fourth-order valence-corrected chi connectivity index (χ4v) is 1.81. The minimum atomic E-state index is 0.0602. The zero-order chi connectivity index (χ0) is 10.8. The first-order valence-corrected chi connectivity index (χ1v) is 5.65. The molecule has 0 aliphatic rings. The molecule has 0 spiro atoms. The van der Waals surface area contributed by atoms with Crippen molar-refractivity contribution < 1.29 is 9.90 Å². The van der Waals surface area contributed by atoms with Crippen LogP contribution in [0.1, 0.15) is 10.4 Å². The first kappa shape index (κ1) is 10.2. The monoisotopic (exact) mass is 264 g/mol. The lowest BCUT2D eigenvalue weighted by molar-refractivity contribution is 0.102. The van der Waals surface area contributed by atoms with Gasteiger partial charge in [0.25, 0.3) is 0 Å². The van der Waals surface area contributed by atoms with Gasteiger partial charge in [0.05, 0.1) is 5.33 Å². The number of fused-ring (bicyclic) bond motifs is 1. The molecule has 0 radical (unpaired) electrons. The van der Waals surface area contributed by atoms with E-state index in [2.05, 4.69) is 15.9 Å². The molecule has 0 aliphatic carbocycles. The largest absolute Gasteiger partial charge is 0.508 e. The van der Waals surface area contributed by atoms with Gasteiger partial charge in [-0.05, 0) is 29.0 Å². The highest BCUT2D eigenvalue weighted by Gasteiger charge is 2.04. The summed E-state index contributed by atoms with van der Waals surface area (Å²) in [4.78, 5) is 11.4. The van der Waals surface area contributed by atoms with Gasteiger partial charge in [-0.3, -0.25) is 4.79 Å². The third-order valence-corrected chi connectivity index (χ3v) is 2.78. The Morgan fingerprint density at radius 1 is 1.13 bits per heavy atom. The number of hydrogen-bond donors (Lipinski definition) is 1. The second kappa shape index (κ2) is 4.03. The number of phenolic OH excluding ortho intramolecular Hbond substituents is 1. The Balaban J connectivity index is 2.57. The summed E-state index contributed by atoms with van der Waals surface area (Å²) in [6, 6.07) is 10.5. The van der Waals surface area contributed by atoms with Crippen molar-refractivity contribution in [3.05, 3.63) is 42.0 Å². The van der Waals surface area contributed by atoms with E-state index in [-0.39, 0.29) is 11.5 Å². The first-order valence-electron chi connectivity index (χ1n) is 4.52. The molecule has 76 valence electrons. The molecule has 3 heteroatoms. The number of aromatic hydroxyl groups is 1. The van der Waals surface area contributed by atoms with Crippen molar-refractivity contribution >= 4 is 32.5 Å². The summed E-state index contributed by atoms with van der Waals surface area (Å²) < 4.78 is 0. The summed E-state index contributed by atoms with van der Waals surface area (Å²) in [6.07, 6.45) is 0. The standard InChI is InChI=1S/C12H9BrO2/c13-7-12(15)10-2-1-9-6-11(14)4-3-8(9)5-10/h1-6,14H,7H2. The van der Waals surface area contributed by atoms with E-state index in [0.29, 0.717) is 10.9 Å². The molecule has 0 fully saturated rings. The number of halogens is 1. The molecule has 0 aromatic heterocycles. The van der Waals surface area contributed by atoms with E-state index in [1.807, 2.05) is 12.1 Å². The molecule has 0 saturated carbocycles. The van der Waals surface area contributed by atoms with Gasteiger partial charge in [-0.15, -0.1) is 0 Å². The van der Waals surface area contributed by atoms with E-state index in [0.717, 1.165) is 10.8 Å². The van der Waals surface area contributed by atoms with Crippen LogP contribution in [0.15, 0.2) is 36.4 Å². The zero-order valence-corrected chi connectivity index (χ0v) is 9.49. The predicted molar refractivity (Wildman–Crippen MR) is 63.7 cm³/mol. The molecule has 1 N–H and O–H groups in total. The minimum Gasteiger partial charge on any atom is -0.508 e. The number of rotatable bonds is 2. The second-order valence-corrected chi connectivity index (χ2v) is 3.86. The van der Waals surface area contributed by atoms with Crippen molar-refractivity contribution in [1.82, 2.24) is 0 Å². The van der Waals surface area contributed by atoms with Gasteiger partial charge in [0, 0.05) is 5.56 Å². The molecule has 0 atom stereocenters. The summed E-state index contributed by atoms with van der Waals surface area (Å²) in [5.74, 6) is 0.298. The van der Waals surface area contributed by atoms with E-state index < -0.39 is 0 Å². The number of alkyl halides is 1.